The molecule has 1 N–H and O–H groups in total. The summed E-state index contributed by atoms with van der Waals surface area (Å²) in [5.41, 5.74) is 6.09. The Morgan fingerprint density at radius 1 is 0.829 bits per heavy atom. The topological polar surface area (TPSA) is 55.0 Å². The van der Waals surface area contributed by atoms with Gasteiger partial charge in [0, 0.05) is 85.0 Å². The van der Waals surface area contributed by atoms with Crippen molar-refractivity contribution in [3.8, 4) is 0 Å². The summed E-state index contributed by atoms with van der Waals surface area (Å²) >= 11 is 0. The van der Waals surface area contributed by atoms with Gasteiger partial charge in [-0.25, -0.2) is 4.98 Å². The van der Waals surface area contributed by atoms with E-state index in [1.807, 2.05) is 31.1 Å². The smallest absolute Gasteiger partial charge is 0.274 e. The number of rotatable bonds is 8. The molecule has 1 amide bonds. The average Bonchev–Trinajstić information content (AvgIpc) is 2.88. The number of carbonyl (C=O) groups excluding carboxylic acids is 1. The Bertz CT molecular complexity index is 1100. The molecule has 184 valence electrons. The molecule has 2 heterocycles. The van der Waals surface area contributed by atoms with Crippen molar-refractivity contribution in [1.82, 2.24) is 14.8 Å². The second kappa shape index (κ2) is 11.2. The second-order valence-corrected chi connectivity index (χ2v) is 9.44. The predicted molar refractivity (Wildman–Crippen MR) is 144 cm³/mol. The Hall–Kier alpha value is -3.58. The number of hydrogen-bond acceptors (Lipinski definition) is 6. The zero-order valence-electron chi connectivity index (χ0n) is 21.2. The number of pyridine rings is 1. The van der Waals surface area contributed by atoms with Gasteiger partial charge in [-0.05, 0) is 47.5 Å². The molecule has 35 heavy (non-hydrogen) atoms. The number of nitrogens with one attached hydrogen (secondary N) is 1. The molecule has 2 aromatic carbocycles. The van der Waals surface area contributed by atoms with E-state index in [2.05, 4.69) is 87.6 Å². The molecule has 1 aliphatic rings. The lowest BCUT2D eigenvalue weighted by atomic mass is 10.1. The van der Waals surface area contributed by atoms with E-state index in [4.69, 9.17) is 0 Å². The quantitative estimate of drug-likeness (QED) is 0.539. The Morgan fingerprint density at radius 3 is 1.97 bits per heavy atom. The molecule has 1 saturated heterocycles. The molecular formula is C28H36N6O. The second-order valence-electron chi connectivity index (χ2n) is 9.44. The lowest BCUT2D eigenvalue weighted by molar-refractivity contribution is 0.0623. The normalized spacial score (nSPS) is 14.0. The van der Waals surface area contributed by atoms with Gasteiger partial charge >= 0.3 is 0 Å². The van der Waals surface area contributed by atoms with Gasteiger partial charge in [0.25, 0.3) is 5.91 Å². The average molecular weight is 473 g/mol. The van der Waals surface area contributed by atoms with Gasteiger partial charge < -0.3 is 20.0 Å². The molecular weight excluding hydrogens is 436 g/mol. The molecule has 0 radical (unpaired) electrons. The summed E-state index contributed by atoms with van der Waals surface area (Å²) in [7, 11) is 8.17. The van der Waals surface area contributed by atoms with Crippen LogP contribution in [0.3, 0.4) is 0 Å². The summed E-state index contributed by atoms with van der Waals surface area (Å²) in [5.74, 6) is -0.00829. The van der Waals surface area contributed by atoms with E-state index in [-0.39, 0.29) is 5.91 Å². The molecule has 0 atom stereocenters. The van der Waals surface area contributed by atoms with Crippen molar-refractivity contribution < 1.29 is 4.79 Å². The van der Waals surface area contributed by atoms with Crippen LogP contribution >= 0.6 is 0 Å². The van der Waals surface area contributed by atoms with Gasteiger partial charge in [0.05, 0.1) is 5.69 Å². The van der Waals surface area contributed by atoms with Crippen molar-refractivity contribution in [2.24, 2.45) is 0 Å². The summed E-state index contributed by atoms with van der Waals surface area (Å²) in [6.07, 6.45) is 1.69. The summed E-state index contributed by atoms with van der Waals surface area (Å²) in [5, 5.41) is 3.41. The number of aromatic nitrogens is 1. The van der Waals surface area contributed by atoms with E-state index in [1.54, 1.807) is 6.20 Å². The van der Waals surface area contributed by atoms with Gasteiger partial charge in [-0.1, -0.05) is 24.3 Å². The lowest BCUT2D eigenvalue weighted by Gasteiger charge is -2.35. The predicted octanol–water partition coefficient (Wildman–Crippen LogP) is 3.78. The van der Waals surface area contributed by atoms with Gasteiger partial charge in [0.2, 0.25) is 0 Å². The van der Waals surface area contributed by atoms with Gasteiger partial charge in [0.15, 0.2) is 5.69 Å². The molecule has 1 aromatic heterocycles. The zero-order valence-corrected chi connectivity index (χ0v) is 21.2. The Morgan fingerprint density at radius 2 is 1.40 bits per heavy atom. The summed E-state index contributed by atoms with van der Waals surface area (Å²) in [4.78, 5) is 26.3. The lowest BCUT2D eigenvalue weighted by Crippen LogP contribution is -2.48. The largest absolute Gasteiger partial charge is 0.379 e. The van der Waals surface area contributed by atoms with Crippen LogP contribution in [0.5, 0.6) is 0 Å². The molecule has 1 aliphatic heterocycles. The van der Waals surface area contributed by atoms with Crippen molar-refractivity contribution in [2.45, 2.75) is 13.1 Å². The Labute approximate surface area is 209 Å². The van der Waals surface area contributed by atoms with Crippen LogP contribution in [0.1, 0.15) is 21.6 Å². The number of nitrogens with zero attached hydrogens (tertiary/aromatic N) is 5. The van der Waals surface area contributed by atoms with Crippen molar-refractivity contribution in [3.05, 3.63) is 83.7 Å². The number of benzene rings is 2. The number of carbonyl (C=O) groups is 1. The first-order chi connectivity index (χ1) is 16.9. The first kappa shape index (κ1) is 24.5. The standard InChI is InChI=1S/C28H36N6O/c1-31(2)24-11-7-22(8-12-24)20-30-26-6-5-15-29-27(26)28(35)34-18-16-33(17-19-34)21-23-9-13-25(14-10-23)32(3)4/h5-15,30H,16-21H2,1-4H3. The third-order valence-corrected chi connectivity index (χ3v) is 6.46. The summed E-state index contributed by atoms with van der Waals surface area (Å²) in [6.45, 7) is 4.66. The molecule has 0 spiro atoms. The van der Waals surface area contributed by atoms with Crippen molar-refractivity contribution in [1.29, 1.82) is 0 Å². The van der Waals surface area contributed by atoms with Crippen molar-refractivity contribution in [2.75, 3.05) is 69.5 Å². The van der Waals surface area contributed by atoms with E-state index < -0.39 is 0 Å². The number of hydrogen-bond donors (Lipinski definition) is 1. The third-order valence-electron chi connectivity index (χ3n) is 6.46. The highest BCUT2D eigenvalue weighted by atomic mass is 16.2. The Balaban J connectivity index is 1.32. The maximum absolute atomic E-state index is 13.3. The van der Waals surface area contributed by atoms with E-state index in [0.29, 0.717) is 25.3 Å². The van der Waals surface area contributed by atoms with Crippen LogP contribution < -0.4 is 15.1 Å². The first-order valence-corrected chi connectivity index (χ1v) is 12.1. The monoisotopic (exact) mass is 472 g/mol. The molecule has 7 nitrogen and oxygen atoms in total. The SMILES string of the molecule is CN(C)c1ccc(CNc2cccnc2C(=O)N2CCN(Cc3ccc(N(C)C)cc3)CC2)cc1. The van der Waals surface area contributed by atoms with E-state index in [0.717, 1.165) is 36.6 Å². The van der Waals surface area contributed by atoms with Crippen molar-refractivity contribution in [3.63, 3.8) is 0 Å². The maximum atomic E-state index is 13.3. The highest BCUT2D eigenvalue weighted by Gasteiger charge is 2.24. The van der Waals surface area contributed by atoms with Crippen LogP contribution in [0.15, 0.2) is 66.9 Å². The first-order valence-electron chi connectivity index (χ1n) is 12.1. The number of anilines is 3. The van der Waals surface area contributed by atoms with Crippen LogP contribution in [0.4, 0.5) is 17.1 Å². The molecule has 4 rings (SSSR count). The van der Waals surface area contributed by atoms with E-state index >= 15 is 0 Å². The van der Waals surface area contributed by atoms with Crippen LogP contribution in [0, 0.1) is 0 Å². The summed E-state index contributed by atoms with van der Waals surface area (Å²) in [6, 6.07) is 20.9. The minimum absolute atomic E-state index is 0.00829. The minimum Gasteiger partial charge on any atom is -0.379 e. The Kier molecular flexibility index (Phi) is 7.87. The highest BCUT2D eigenvalue weighted by molar-refractivity contribution is 5.97. The zero-order chi connectivity index (χ0) is 24.8. The fourth-order valence-electron chi connectivity index (χ4n) is 4.24. The minimum atomic E-state index is -0.00829. The molecule has 7 heteroatoms. The maximum Gasteiger partial charge on any atom is 0.274 e. The van der Waals surface area contributed by atoms with Gasteiger partial charge in [-0.2, -0.15) is 0 Å². The van der Waals surface area contributed by atoms with Crippen LogP contribution in [0.25, 0.3) is 0 Å². The molecule has 0 bridgehead atoms. The van der Waals surface area contributed by atoms with Crippen LogP contribution in [-0.2, 0) is 13.1 Å². The van der Waals surface area contributed by atoms with Gasteiger partial charge in [0.1, 0.15) is 0 Å². The molecule has 0 unspecified atom stereocenters. The fourth-order valence-corrected chi connectivity index (χ4v) is 4.24. The van der Waals surface area contributed by atoms with Gasteiger partial charge in [-0.3, -0.25) is 9.69 Å². The fraction of sp³-hybridized carbons (Fsp3) is 0.357. The van der Waals surface area contributed by atoms with Crippen molar-refractivity contribution >= 4 is 23.0 Å². The van der Waals surface area contributed by atoms with Gasteiger partial charge in [-0.15, -0.1) is 0 Å². The molecule has 0 saturated carbocycles. The number of piperazine rings is 1. The molecule has 1 fully saturated rings. The number of amides is 1. The van der Waals surface area contributed by atoms with Crippen LogP contribution in [0.2, 0.25) is 0 Å². The molecule has 3 aromatic rings. The highest BCUT2D eigenvalue weighted by Crippen LogP contribution is 2.19. The van der Waals surface area contributed by atoms with E-state index in [9.17, 15) is 4.79 Å². The van der Waals surface area contributed by atoms with E-state index in [1.165, 1.54) is 11.3 Å². The van der Waals surface area contributed by atoms with Crippen LogP contribution in [-0.4, -0.2) is 75.1 Å². The summed E-state index contributed by atoms with van der Waals surface area (Å²) < 4.78 is 0. The molecule has 0 aliphatic carbocycles. The third kappa shape index (κ3) is 6.31.